The van der Waals surface area contributed by atoms with Gasteiger partial charge in [-0.2, -0.15) is 0 Å². The van der Waals surface area contributed by atoms with Crippen molar-refractivity contribution < 1.29 is 48.8 Å². The molecule has 0 rings (SSSR count). The average Bonchev–Trinajstić information content (AvgIpc) is 1.12. The van der Waals surface area contributed by atoms with Crippen molar-refractivity contribution in [1.82, 2.24) is 0 Å². The van der Waals surface area contributed by atoms with Crippen LogP contribution in [0.15, 0.2) is 0 Å². The molecule has 6 N–H and O–H groups in total. The molecule has 0 saturated heterocycles. The van der Waals surface area contributed by atoms with Gasteiger partial charge in [0.15, 0.2) is 0 Å². The molecule has 0 heterocycles. The molecule has 0 fully saturated rings. The smallest absolute Gasteiger partial charge is 0.319 e. The first-order valence-electron chi connectivity index (χ1n) is 1.57. The maximum absolute atomic E-state index is 7.56. The van der Waals surface area contributed by atoms with Crippen molar-refractivity contribution in [2.45, 2.75) is 14.9 Å². The van der Waals surface area contributed by atoms with Crippen LogP contribution in [-0.2, 0) is 43.1 Å². The molecule has 13 heavy (non-hydrogen) atoms. The maximum Gasteiger partial charge on any atom is 0.319 e. The standard InChI is InChI=1S/2CH4.2H3O3PS.Zn/c;;2*1-4(2,3)5;/h2*1H4;2*(H3,1,2,3,5);. The van der Waals surface area contributed by atoms with E-state index in [2.05, 4.69) is 23.6 Å². The molecule has 0 atom stereocenters. The number of hydrogen-bond donors (Lipinski definition) is 6. The van der Waals surface area contributed by atoms with Crippen LogP contribution < -0.4 is 0 Å². The molecule has 0 aliphatic carbocycles. The summed E-state index contributed by atoms with van der Waals surface area (Å²) in [4.78, 5) is 45.3. The Balaban J connectivity index is -0.0000000267. The second-order valence-electron chi connectivity index (χ2n) is 1.03. The molecule has 0 bridgehead atoms. The molecule has 0 aromatic carbocycles. The Morgan fingerprint density at radius 3 is 0.615 bits per heavy atom. The van der Waals surface area contributed by atoms with Crippen molar-refractivity contribution in [3.63, 3.8) is 0 Å². The molecular weight excluding hydrogens is 311 g/mol. The van der Waals surface area contributed by atoms with Crippen LogP contribution in [0.5, 0.6) is 0 Å². The topological polar surface area (TPSA) is 121 Å². The zero-order chi connectivity index (χ0) is 9.00. The third-order valence-corrected chi connectivity index (χ3v) is 0. The Labute approximate surface area is 101 Å². The second-order valence-corrected chi connectivity index (χ2v) is 6.02. The molecule has 0 radical (unpaired) electrons. The molecule has 0 unspecified atom stereocenters. The van der Waals surface area contributed by atoms with E-state index in [4.69, 9.17) is 29.4 Å². The molecular formula is C2H14O6P2S2Zn. The van der Waals surface area contributed by atoms with Gasteiger partial charge < -0.3 is 29.4 Å². The summed E-state index contributed by atoms with van der Waals surface area (Å²) in [5.41, 5.74) is 0. The summed E-state index contributed by atoms with van der Waals surface area (Å²) in [6, 6.07) is 0. The van der Waals surface area contributed by atoms with Crippen molar-refractivity contribution >= 4 is 37.1 Å². The van der Waals surface area contributed by atoms with Gasteiger partial charge in [-0.25, -0.2) is 0 Å². The first-order valence-corrected chi connectivity index (χ1v) is 6.89. The Morgan fingerprint density at radius 2 is 0.615 bits per heavy atom. The van der Waals surface area contributed by atoms with Crippen LogP contribution in [0.4, 0.5) is 0 Å². The van der Waals surface area contributed by atoms with Gasteiger partial charge in [-0.15, -0.1) is 0 Å². The zero-order valence-electron chi connectivity index (χ0n) is 5.10. The van der Waals surface area contributed by atoms with Gasteiger partial charge in [0.2, 0.25) is 0 Å². The molecule has 11 heteroatoms. The van der Waals surface area contributed by atoms with E-state index in [0.717, 1.165) is 0 Å². The minimum Gasteiger partial charge on any atom is -0.325 e. The van der Waals surface area contributed by atoms with Crippen LogP contribution in [0.3, 0.4) is 0 Å². The summed E-state index contributed by atoms with van der Waals surface area (Å²) in [7, 11) is 0. The van der Waals surface area contributed by atoms with Crippen molar-refractivity contribution in [2.75, 3.05) is 0 Å². The summed E-state index contributed by atoms with van der Waals surface area (Å²) < 4.78 is 0. The number of rotatable bonds is 0. The second kappa shape index (κ2) is 11.8. The fourth-order valence-electron chi connectivity index (χ4n) is 0. The molecule has 0 aliphatic heterocycles. The minimum absolute atomic E-state index is 0. The predicted molar refractivity (Wildman–Crippen MR) is 55.3 cm³/mol. The van der Waals surface area contributed by atoms with E-state index in [0.29, 0.717) is 0 Å². The fraction of sp³-hybridized carbons (Fsp3) is 1.00. The molecule has 0 aromatic rings. The molecule has 0 amide bonds. The van der Waals surface area contributed by atoms with Gasteiger partial charge in [-0.05, 0) is 23.6 Å². The van der Waals surface area contributed by atoms with E-state index < -0.39 is 13.4 Å². The van der Waals surface area contributed by atoms with Crippen LogP contribution >= 0.6 is 13.4 Å². The van der Waals surface area contributed by atoms with Gasteiger partial charge in [0.1, 0.15) is 0 Å². The van der Waals surface area contributed by atoms with Gasteiger partial charge in [-0.1, -0.05) is 14.9 Å². The van der Waals surface area contributed by atoms with Crippen molar-refractivity contribution in [1.29, 1.82) is 0 Å². The fourth-order valence-corrected chi connectivity index (χ4v) is 0. The largest absolute Gasteiger partial charge is 0.325 e. The van der Waals surface area contributed by atoms with Crippen LogP contribution in [0.1, 0.15) is 14.9 Å². The van der Waals surface area contributed by atoms with Crippen molar-refractivity contribution in [2.24, 2.45) is 0 Å². The summed E-state index contributed by atoms with van der Waals surface area (Å²) in [6.45, 7) is -7.61. The Morgan fingerprint density at radius 1 is 0.615 bits per heavy atom. The molecule has 0 spiro atoms. The Bertz CT molecular complexity index is 139. The molecule has 0 aliphatic rings. The van der Waals surface area contributed by atoms with Crippen LogP contribution in [0, 0.1) is 0 Å². The van der Waals surface area contributed by atoms with E-state index in [-0.39, 0.29) is 34.3 Å². The van der Waals surface area contributed by atoms with Gasteiger partial charge >= 0.3 is 13.4 Å². The maximum atomic E-state index is 7.56. The van der Waals surface area contributed by atoms with Gasteiger partial charge in [0.05, 0.1) is 0 Å². The number of hydrogen-bond acceptors (Lipinski definition) is 2. The van der Waals surface area contributed by atoms with E-state index >= 15 is 0 Å². The minimum atomic E-state index is -3.81. The van der Waals surface area contributed by atoms with Crippen LogP contribution in [0.2, 0.25) is 0 Å². The van der Waals surface area contributed by atoms with Gasteiger partial charge in [0.25, 0.3) is 0 Å². The Kier molecular flexibility index (Phi) is 26.5. The van der Waals surface area contributed by atoms with Crippen molar-refractivity contribution in [3.8, 4) is 0 Å². The van der Waals surface area contributed by atoms with E-state index in [1.807, 2.05) is 0 Å². The first kappa shape index (κ1) is 29.3. The van der Waals surface area contributed by atoms with Crippen LogP contribution in [0.25, 0.3) is 0 Å². The molecule has 6 nitrogen and oxygen atoms in total. The quantitative estimate of drug-likeness (QED) is 0.264. The molecule has 0 aromatic heterocycles. The van der Waals surface area contributed by atoms with Gasteiger partial charge in [0, 0.05) is 19.5 Å². The first-order chi connectivity index (χ1) is 4.00. The summed E-state index contributed by atoms with van der Waals surface area (Å²) >= 11 is 7.21. The predicted octanol–water partition coefficient (Wildman–Crippen LogP) is -0.355. The van der Waals surface area contributed by atoms with Crippen molar-refractivity contribution in [3.05, 3.63) is 0 Å². The monoisotopic (exact) mass is 324 g/mol. The van der Waals surface area contributed by atoms with Crippen LogP contribution in [-0.4, -0.2) is 29.4 Å². The normalized spacial score (nSPS) is 9.08. The summed E-state index contributed by atoms with van der Waals surface area (Å²) in [5, 5.41) is 0. The summed E-state index contributed by atoms with van der Waals surface area (Å²) in [6.07, 6.45) is 0. The zero-order valence-corrected chi connectivity index (χ0v) is 11.5. The van der Waals surface area contributed by atoms with E-state index in [1.165, 1.54) is 0 Å². The average molecular weight is 326 g/mol. The third-order valence-electron chi connectivity index (χ3n) is 0. The third kappa shape index (κ3) is 659. The van der Waals surface area contributed by atoms with E-state index in [1.54, 1.807) is 0 Å². The molecule has 0 saturated carbocycles. The SMILES string of the molecule is C.C.OP(O)(O)=S.OP(O)(O)=S.[Zn]. The Hall–Kier alpha value is 1.68. The van der Waals surface area contributed by atoms with Gasteiger partial charge in [-0.3, -0.25) is 0 Å². The molecule has 82 valence electrons. The van der Waals surface area contributed by atoms with E-state index in [9.17, 15) is 0 Å². The summed E-state index contributed by atoms with van der Waals surface area (Å²) in [5.74, 6) is 0.